The topological polar surface area (TPSA) is 56.2 Å². The molecule has 1 saturated carbocycles. The Kier molecular flexibility index (Phi) is 2.94. The summed E-state index contributed by atoms with van der Waals surface area (Å²) >= 11 is 0. The molecule has 1 aliphatic carbocycles. The normalized spacial score (nSPS) is 55.3. The molecule has 1 aromatic rings. The van der Waals surface area contributed by atoms with Crippen LogP contribution in [0.25, 0.3) is 0 Å². The maximum absolute atomic E-state index is 11.8. The summed E-state index contributed by atoms with van der Waals surface area (Å²) in [5, 5.41) is 22.9. The third-order valence-corrected chi connectivity index (χ3v) is 8.75. The van der Waals surface area contributed by atoms with Crippen LogP contribution in [0.15, 0.2) is 24.3 Å². The molecule has 1 aromatic carbocycles. The molecule has 6 aliphatic rings. The molecule has 5 nitrogen and oxygen atoms in total. The monoisotopic (exact) mass is 356 g/mol. The zero-order chi connectivity index (χ0) is 18.0. The minimum Gasteiger partial charge on any atom is -0.392 e. The van der Waals surface area contributed by atoms with Gasteiger partial charge in [-0.25, -0.2) is 0 Å². The van der Waals surface area contributed by atoms with E-state index >= 15 is 0 Å². The van der Waals surface area contributed by atoms with Gasteiger partial charge in [-0.1, -0.05) is 25.1 Å². The van der Waals surface area contributed by atoms with Crippen molar-refractivity contribution >= 4 is 5.69 Å². The van der Waals surface area contributed by atoms with Gasteiger partial charge in [0.1, 0.15) is 6.23 Å². The van der Waals surface area contributed by atoms with Crippen molar-refractivity contribution < 1.29 is 14.9 Å². The third-order valence-electron chi connectivity index (χ3n) is 8.75. The molecule has 11 atom stereocenters. The van der Waals surface area contributed by atoms with Crippen molar-refractivity contribution in [3.63, 3.8) is 0 Å². The number of para-hydroxylation sites is 1. The number of rotatable bonds is 2. The van der Waals surface area contributed by atoms with E-state index in [1.54, 1.807) is 0 Å². The fourth-order valence-electron chi connectivity index (χ4n) is 8.14. The number of fused-ring (bicyclic) bond motifs is 2. The molecule has 140 valence electrons. The molecule has 3 unspecified atom stereocenters. The van der Waals surface area contributed by atoms with E-state index in [-0.39, 0.29) is 53.5 Å². The molecule has 5 aliphatic heterocycles. The van der Waals surface area contributed by atoms with Crippen molar-refractivity contribution in [2.24, 2.45) is 17.8 Å². The summed E-state index contributed by atoms with van der Waals surface area (Å²) in [7, 11) is 3.97. The van der Waals surface area contributed by atoms with Gasteiger partial charge in [0.15, 0.2) is 0 Å². The lowest BCUT2D eigenvalue weighted by Gasteiger charge is -2.65. The predicted octanol–water partition coefficient (Wildman–Crippen LogP) is 1.18. The Morgan fingerprint density at radius 1 is 1.23 bits per heavy atom. The molecule has 7 rings (SSSR count). The molecule has 0 aromatic heterocycles. The minimum atomic E-state index is -0.414. The summed E-state index contributed by atoms with van der Waals surface area (Å²) in [6.07, 6.45) is 1.16. The average Bonchev–Trinajstić information content (AvgIpc) is 3.04. The summed E-state index contributed by atoms with van der Waals surface area (Å²) in [5.41, 5.74) is 2.31. The van der Waals surface area contributed by atoms with Crippen LogP contribution < -0.4 is 4.90 Å². The highest BCUT2D eigenvalue weighted by Crippen LogP contribution is 2.69. The van der Waals surface area contributed by atoms with E-state index in [1.165, 1.54) is 11.3 Å². The molecule has 0 amide bonds. The van der Waals surface area contributed by atoms with Crippen molar-refractivity contribution in [1.82, 2.24) is 4.90 Å². The molecule has 5 fully saturated rings. The lowest BCUT2D eigenvalue weighted by atomic mass is 9.61. The number of hydrogen-bond acceptors (Lipinski definition) is 5. The van der Waals surface area contributed by atoms with Crippen molar-refractivity contribution in [2.75, 3.05) is 19.1 Å². The van der Waals surface area contributed by atoms with Crippen LogP contribution in [0.4, 0.5) is 5.69 Å². The van der Waals surface area contributed by atoms with E-state index in [2.05, 4.69) is 48.0 Å². The van der Waals surface area contributed by atoms with Crippen molar-refractivity contribution in [1.29, 1.82) is 0 Å². The second kappa shape index (κ2) is 4.82. The molecule has 26 heavy (non-hydrogen) atoms. The number of likely N-dealkylation sites (N-methyl/N-ethyl adjacent to an activating group) is 1. The number of piperidine rings is 4. The summed E-state index contributed by atoms with van der Waals surface area (Å²) < 4.78 is 6.10. The standard InChI is InChI=1S/C21H28N2O3/c1-4-10-14-15-13-9-21(19(15)24)11-7-5-6-8-12(11)22(2)18(21)16(17(14)26-3)23(13)20(10)25/h5-8,10,13-20,24-25H,4,9H2,1-3H3/t10-,13-,14+,15?,16+,17?,18-,19-,20+,21+/m0/s1. The molecular formula is C21H28N2O3. The molecule has 1 spiro atoms. The van der Waals surface area contributed by atoms with E-state index in [9.17, 15) is 10.2 Å². The molecule has 5 heteroatoms. The van der Waals surface area contributed by atoms with Gasteiger partial charge >= 0.3 is 0 Å². The molecule has 5 bridgehead atoms. The Labute approximate surface area is 154 Å². The van der Waals surface area contributed by atoms with Gasteiger partial charge in [-0.15, -0.1) is 0 Å². The van der Waals surface area contributed by atoms with Crippen molar-refractivity contribution in [2.45, 2.75) is 61.7 Å². The van der Waals surface area contributed by atoms with E-state index in [0.717, 1.165) is 12.8 Å². The predicted molar refractivity (Wildman–Crippen MR) is 97.9 cm³/mol. The Bertz CT molecular complexity index is 771. The van der Waals surface area contributed by atoms with Gasteiger partial charge in [0, 0.05) is 49.1 Å². The lowest BCUT2D eigenvalue weighted by Crippen LogP contribution is -2.78. The Hall–Kier alpha value is -1.14. The fourth-order valence-corrected chi connectivity index (χ4v) is 8.14. The first kappa shape index (κ1) is 15.9. The molecule has 4 saturated heterocycles. The zero-order valence-electron chi connectivity index (χ0n) is 15.6. The van der Waals surface area contributed by atoms with Crippen LogP contribution in [-0.2, 0) is 10.2 Å². The van der Waals surface area contributed by atoms with Gasteiger partial charge in [0.2, 0.25) is 0 Å². The summed E-state index contributed by atoms with van der Waals surface area (Å²) in [5.74, 6) is 0.608. The van der Waals surface area contributed by atoms with E-state index in [0.29, 0.717) is 0 Å². The number of benzene rings is 1. The van der Waals surface area contributed by atoms with Crippen molar-refractivity contribution in [3.05, 3.63) is 29.8 Å². The Morgan fingerprint density at radius 2 is 2.00 bits per heavy atom. The zero-order valence-corrected chi connectivity index (χ0v) is 15.6. The van der Waals surface area contributed by atoms with Crippen LogP contribution in [0.5, 0.6) is 0 Å². The average molecular weight is 356 g/mol. The second-order valence-electron chi connectivity index (χ2n) is 9.11. The largest absolute Gasteiger partial charge is 0.392 e. The first-order valence-corrected chi connectivity index (χ1v) is 10.1. The summed E-state index contributed by atoms with van der Waals surface area (Å²) in [6, 6.07) is 9.13. The van der Waals surface area contributed by atoms with Gasteiger partial charge in [0.25, 0.3) is 0 Å². The fraction of sp³-hybridized carbons (Fsp3) is 0.714. The van der Waals surface area contributed by atoms with Crippen LogP contribution in [-0.4, -0.2) is 65.8 Å². The van der Waals surface area contributed by atoms with Crippen molar-refractivity contribution in [3.8, 4) is 0 Å². The molecule has 5 heterocycles. The molecule has 2 N–H and O–H groups in total. The van der Waals surface area contributed by atoms with Gasteiger partial charge < -0.3 is 19.8 Å². The van der Waals surface area contributed by atoms with E-state index in [4.69, 9.17) is 4.74 Å². The smallest absolute Gasteiger partial charge is 0.111 e. The van der Waals surface area contributed by atoms with Gasteiger partial charge in [0.05, 0.1) is 24.3 Å². The van der Waals surface area contributed by atoms with Gasteiger partial charge in [-0.3, -0.25) is 4.90 Å². The Balaban J connectivity index is 1.62. The number of hydrogen-bond donors (Lipinski definition) is 2. The Morgan fingerprint density at radius 3 is 2.73 bits per heavy atom. The third kappa shape index (κ3) is 1.38. The number of anilines is 1. The maximum atomic E-state index is 11.8. The quantitative estimate of drug-likeness (QED) is 0.833. The van der Waals surface area contributed by atoms with Crippen LogP contribution in [0.2, 0.25) is 0 Å². The SMILES string of the molecule is CC[C@H]1[C@H]2C(OC)[C@@H]3[C@@H]4N(C)c5ccccc5[C@]45C[C@@H](C2[C@@H]5O)N3[C@@H]1O. The van der Waals surface area contributed by atoms with Crippen LogP contribution in [0.1, 0.15) is 25.3 Å². The van der Waals surface area contributed by atoms with Crippen LogP contribution in [0.3, 0.4) is 0 Å². The highest BCUT2D eigenvalue weighted by Gasteiger charge is 2.78. The second-order valence-corrected chi connectivity index (χ2v) is 9.11. The molecule has 0 radical (unpaired) electrons. The summed E-state index contributed by atoms with van der Waals surface area (Å²) in [4.78, 5) is 4.71. The van der Waals surface area contributed by atoms with E-state index < -0.39 is 6.23 Å². The van der Waals surface area contributed by atoms with Gasteiger partial charge in [-0.2, -0.15) is 0 Å². The van der Waals surface area contributed by atoms with Gasteiger partial charge in [-0.05, 0) is 24.5 Å². The van der Waals surface area contributed by atoms with Crippen LogP contribution in [0, 0.1) is 17.8 Å². The van der Waals surface area contributed by atoms with Crippen LogP contribution >= 0.6 is 0 Å². The number of nitrogens with zero attached hydrogens (tertiary/aromatic N) is 2. The highest BCUT2D eigenvalue weighted by molar-refractivity contribution is 5.67. The maximum Gasteiger partial charge on any atom is 0.111 e. The summed E-state index contributed by atoms with van der Waals surface area (Å²) in [6.45, 7) is 2.16. The first-order chi connectivity index (χ1) is 12.6. The number of ether oxygens (including phenoxy) is 1. The van der Waals surface area contributed by atoms with E-state index in [1.807, 2.05) is 7.11 Å². The first-order valence-electron chi connectivity index (χ1n) is 10.1. The lowest BCUT2D eigenvalue weighted by molar-refractivity contribution is -0.259. The number of aliphatic hydroxyl groups excluding tert-OH is 2. The minimum absolute atomic E-state index is 0.0724. The number of aliphatic hydroxyl groups is 2. The number of methoxy groups -OCH3 is 1. The highest BCUT2D eigenvalue weighted by atomic mass is 16.5. The molecular weight excluding hydrogens is 328 g/mol.